The van der Waals surface area contributed by atoms with E-state index in [0.717, 1.165) is 0 Å². The fourth-order valence-corrected chi connectivity index (χ4v) is 4.65. The van der Waals surface area contributed by atoms with E-state index >= 15 is 0 Å². The summed E-state index contributed by atoms with van der Waals surface area (Å²) >= 11 is 0. The molecule has 7 nitrogen and oxygen atoms in total. The van der Waals surface area contributed by atoms with Gasteiger partial charge in [-0.25, -0.2) is 22.8 Å². The third kappa shape index (κ3) is 5.22. The third-order valence-electron chi connectivity index (χ3n) is 4.29. The van der Waals surface area contributed by atoms with Crippen LogP contribution in [0.15, 0.2) is 30.3 Å². The molecule has 2 heterocycles. The molecular weight excluding hydrogens is 371 g/mol. The van der Waals surface area contributed by atoms with Crippen LogP contribution in [0.25, 0.3) is 0 Å². The summed E-state index contributed by atoms with van der Waals surface area (Å²) in [6.45, 7) is 1.93. The van der Waals surface area contributed by atoms with Gasteiger partial charge in [-0.15, -0.1) is 0 Å². The molecule has 1 saturated heterocycles. The van der Waals surface area contributed by atoms with Gasteiger partial charge in [-0.05, 0) is 31.4 Å². The maximum atomic E-state index is 13.6. The first-order chi connectivity index (χ1) is 12.8. The molecule has 1 aromatic heterocycles. The molecule has 3 rings (SSSR count). The number of rotatable bonds is 6. The van der Waals surface area contributed by atoms with Crippen molar-refractivity contribution in [2.75, 3.05) is 23.4 Å². The minimum atomic E-state index is -3.01. The highest BCUT2D eigenvalue weighted by atomic mass is 32.2. The lowest BCUT2D eigenvalue weighted by Gasteiger charge is -2.13. The molecule has 0 aliphatic carbocycles. The fraction of sp³-hybridized carbons (Fsp3) is 0.389. The highest BCUT2D eigenvalue weighted by Crippen LogP contribution is 2.17. The van der Waals surface area contributed by atoms with E-state index in [-0.39, 0.29) is 41.5 Å². The minimum Gasteiger partial charge on any atom is -0.366 e. The largest absolute Gasteiger partial charge is 0.366 e. The standard InChI is InChI=1S/C18H21FN4O3S/c1-12-21-16(10-17(22-12)23-14-7-9-27(25,26)11-14)18(24)20-8-6-13-4-2-3-5-15(13)19/h2-5,10,14H,6-9,11H2,1H3,(H,20,24)(H,21,22,23). The fourth-order valence-electron chi connectivity index (χ4n) is 2.98. The first-order valence-corrected chi connectivity index (χ1v) is 10.5. The number of hydrogen-bond acceptors (Lipinski definition) is 6. The first-order valence-electron chi connectivity index (χ1n) is 8.67. The van der Waals surface area contributed by atoms with Crippen LogP contribution in [-0.2, 0) is 16.3 Å². The maximum Gasteiger partial charge on any atom is 0.270 e. The normalized spacial score (nSPS) is 18.2. The molecule has 0 bridgehead atoms. The second kappa shape index (κ2) is 7.99. The van der Waals surface area contributed by atoms with Crippen molar-refractivity contribution in [3.8, 4) is 0 Å². The van der Waals surface area contributed by atoms with Gasteiger partial charge in [0.15, 0.2) is 9.84 Å². The van der Waals surface area contributed by atoms with Gasteiger partial charge in [0, 0.05) is 18.7 Å². The average molecular weight is 392 g/mol. The van der Waals surface area contributed by atoms with Crippen LogP contribution in [0.5, 0.6) is 0 Å². The van der Waals surface area contributed by atoms with Gasteiger partial charge in [0.1, 0.15) is 23.2 Å². The number of anilines is 1. The number of carbonyl (C=O) groups excluding carboxylic acids is 1. The topological polar surface area (TPSA) is 101 Å². The van der Waals surface area contributed by atoms with Crippen molar-refractivity contribution in [3.63, 3.8) is 0 Å². The summed E-state index contributed by atoms with van der Waals surface area (Å²) in [6.07, 6.45) is 0.878. The van der Waals surface area contributed by atoms with Crippen LogP contribution in [0.2, 0.25) is 0 Å². The van der Waals surface area contributed by atoms with Gasteiger partial charge >= 0.3 is 0 Å². The molecule has 144 valence electrons. The highest BCUT2D eigenvalue weighted by molar-refractivity contribution is 7.91. The van der Waals surface area contributed by atoms with Gasteiger partial charge in [0.2, 0.25) is 0 Å². The number of aryl methyl sites for hydroxylation is 1. The number of nitrogens with zero attached hydrogens (tertiary/aromatic N) is 2. The van der Waals surface area contributed by atoms with E-state index in [9.17, 15) is 17.6 Å². The summed E-state index contributed by atoms with van der Waals surface area (Å²) in [5.41, 5.74) is 0.709. The predicted molar refractivity (Wildman–Crippen MR) is 99.9 cm³/mol. The third-order valence-corrected chi connectivity index (χ3v) is 6.06. The molecule has 1 unspecified atom stereocenters. The molecule has 2 N–H and O–H groups in total. The zero-order valence-electron chi connectivity index (χ0n) is 14.9. The number of halogens is 1. The van der Waals surface area contributed by atoms with Crippen molar-refractivity contribution in [1.82, 2.24) is 15.3 Å². The lowest BCUT2D eigenvalue weighted by Crippen LogP contribution is -2.28. The number of benzene rings is 1. The van der Waals surface area contributed by atoms with Crippen LogP contribution in [0.4, 0.5) is 10.2 Å². The summed E-state index contributed by atoms with van der Waals surface area (Å²) in [6, 6.07) is 7.69. The van der Waals surface area contributed by atoms with Gasteiger partial charge in [-0.3, -0.25) is 4.79 Å². The van der Waals surface area contributed by atoms with Crippen LogP contribution in [-0.4, -0.2) is 48.4 Å². The molecule has 0 spiro atoms. The molecule has 1 aliphatic rings. The van der Waals surface area contributed by atoms with Crippen LogP contribution >= 0.6 is 0 Å². The van der Waals surface area contributed by atoms with Crippen molar-refractivity contribution >= 4 is 21.6 Å². The molecule has 27 heavy (non-hydrogen) atoms. The smallest absolute Gasteiger partial charge is 0.270 e. The minimum absolute atomic E-state index is 0.0558. The molecule has 1 fully saturated rings. The Balaban J connectivity index is 1.61. The van der Waals surface area contributed by atoms with Crippen molar-refractivity contribution in [1.29, 1.82) is 0 Å². The number of sulfone groups is 1. The Morgan fingerprint density at radius 3 is 2.78 bits per heavy atom. The monoisotopic (exact) mass is 392 g/mol. The Morgan fingerprint density at radius 2 is 2.07 bits per heavy atom. The van der Waals surface area contributed by atoms with E-state index in [1.54, 1.807) is 25.1 Å². The number of hydrogen-bond donors (Lipinski definition) is 2. The number of nitrogens with one attached hydrogen (secondary N) is 2. The van der Waals surface area contributed by atoms with Crippen LogP contribution in [0, 0.1) is 12.7 Å². The van der Waals surface area contributed by atoms with Gasteiger partial charge in [-0.2, -0.15) is 0 Å². The van der Waals surface area contributed by atoms with Gasteiger partial charge < -0.3 is 10.6 Å². The van der Waals surface area contributed by atoms with Crippen LogP contribution in [0.1, 0.15) is 28.3 Å². The van der Waals surface area contributed by atoms with Crippen LogP contribution in [0.3, 0.4) is 0 Å². The summed E-state index contributed by atoms with van der Waals surface area (Å²) in [5, 5.41) is 5.78. The lowest BCUT2D eigenvalue weighted by molar-refractivity contribution is 0.0948. The summed E-state index contributed by atoms with van der Waals surface area (Å²) in [4.78, 5) is 20.7. The number of carbonyl (C=O) groups is 1. The zero-order chi connectivity index (χ0) is 19.4. The predicted octanol–water partition coefficient (Wildman–Crippen LogP) is 1.50. The molecular formula is C18H21FN4O3S. The summed E-state index contributed by atoms with van der Waals surface area (Å²) in [7, 11) is -3.01. The Labute approximate surface area is 157 Å². The Morgan fingerprint density at radius 1 is 1.30 bits per heavy atom. The van der Waals surface area contributed by atoms with E-state index in [2.05, 4.69) is 20.6 Å². The molecule has 9 heteroatoms. The molecule has 1 amide bonds. The number of aromatic nitrogens is 2. The highest BCUT2D eigenvalue weighted by Gasteiger charge is 2.28. The summed E-state index contributed by atoms with van der Waals surface area (Å²) in [5.74, 6) is 0.337. The molecule has 2 aromatic rings. The molecule has 1 aliphatic heterocycles. The van der Waals surface area contributed by atoms with Crippen LogP contribution < -0.4 is 10.6 Å². The van der Waals surface area contributed by atoms with E-state index in [1.165, 1.54) is 12.1 Å². The van der Waals surface area contributed by atoms with E-state index < -0.39 is 9.84 Å². The van der Waals surface area contributed by atoms with E-state index in [0.29, 0.717) is 30.0 Å². The SMILES string of the molecule is Cc1nc(NC2CCS(=O)(=O)C2)cc(C(=O)NCCc2ccccc2F)n1. The average Bonchev–Trinajstić information content (AvgIpc) is 2.94. The van der Waals surface area contributed by atoms with E-state index in [1.807, 2.05) is 0 Å². The molecule has 0 saturated carbocycles. The van der Waals surface area contributed by atoms with E-state index in [4.69, 9.17) is 0 Å². The van der Waals surface area contributed by atoms with Gasteiger partial charge in [0.25, 0.3) is 5.91 Å². The maximum absolute atomic E-state index is 13.6. The second-order valence-corrected chi connectivity index (χ2v) is 8.76. The molecule has 1 atom stereocenters. The quantitative estimate of drug-likeness (QED) is 0.773. The molecule has 0 radical (unpaired) electrons. The van der Waals surface area contributed by atoms with Gasteiger partial charge in [-0.1, -0.05) is 18.2 Å². The lowest BCUT2D eigenvalue weighted by atomic mass is 10.1. The zero-order valence-corrected chi connectivity index (χ0v) is 15.7. The van der Waals surface area contributed by atoms with Crippen molar-refractivity contribution in [3.05, 3.63) is 53.2 Å². The van der Waals surface area contributed by atoms with Crippen molar-refractivity contribution in [2.45, 2.75) is 25.8 Å². The Hall–Kier alpha value is -2.55. The Kier molecular flexibility index (Phi) is 5.69. The molecule has 1 aromatic carbocycles. The first kappa shape index (κ1) is 19.2. The van der Waals surface area contributed by atoms with Crippen molar-refractivity contribution < 1.29 is 17.6 Å². The van der Waals surface area contributed by atoms with Gasteiger partial charge in [0.05, 0.1) is 11.5 Å². The summed E-state index contributed by atoms with van der Waals surface area (Å²) < 4.78 is 36.7. The number of amides is 1. The van der Waals surface area contributed by atoms with Crippen molar-refractivity contribution in [2.24, 2.45) is 0 Å². The Bertz CT molecular complexity index is 949. The second-order valence-electron chi connectivity index (χ2n) is 6.53.